The van der Waals surface area contributed by atoms with Crippen LogP contribution < -0.4 is 5.32 Å². The third-order valence-corrected chi connectivity index (χ3v) is 5.58. The molecule has 0 aliphatic carbocycles. The number of nitrogens with zero attached hydrogens (tertiary/aromatic N) is 3. The number of piperazine rings is 1. The molecule has 164 valence electrons. The first-order valence-corrected chi connectivity index (χ1v) is 10.7. The van der Waals surface area contributed by atoms with E-state index < -0.39 is 0 Å². The Morgan fingerprint density at radius 1 is 1.14 bits per heavy atom. The number of benzene rings is 1. The number of rotatable bonds is 8. The Morgan fingerprint density at radius 3 is 2.55 bits per heavy atom. The summed E-state index contributed by atoms with van der Waals surface area (Å²) in [7, 11) is 1.88. The van der Waals surface area contributed by atoms with Crippen molar-refractivity contribution in [1.82, 2.24) is 15.1 Å². The summed E-state index contributed by atoms with van der Waals surface area (Å²) >= 11 is 0. The van der Waals surface area contributed by atoms with E-state index in [1.54, 1.807) is 0 Å². The molecule has 0 amide bonds. The van der Waals surface area contributed by atoms with E-state index in [0.717, 1.165) is 90.9 Å². The highest BCUT2D eigenvalue weighted by Crippen LogP contribution is 2.14. The van der Waals surface area contributed by atoms with E-state index in [-0.39, 0.29) is 24.0 Å². The average molecular weight is 516 g/mol. The number of aliphatic imine (C=N–C) groups is 1. The lowest BCUT2D eigenvalue weighted by Crippen LogP contribution is -2.52. The van der Waals surface area contributed by atoms with E-state index >= 15 is 0 Å². The molecule has 2 saturated heterocycles. The number of ether oxygens (including phenoxy) is 2. The second-order valence-corrected chi connectivity index (χ2v) is 7.71. The van der Waals surface area contributed by atoms with Crippen LogP contribution in [0.1, 0.15) is 24.8 Å². The maximum absolute atomic E-state index is 5.85. The van der Waals surface area contributed by atoms with Crippen LogP contribution in [-0.2, 0) is 16.0 Å². The van der Waals surface area contributed by atoms with Crippen molar-refractivity contribution >= 4 is 29.9 Å². The van der Waals surface area contributed by atoms with Crippen molar-refractivity contribution in [2.45, 2.75) is 25.8 Å². The molecular weight excluding hydrogens is 479 g/mol. The van der Waals surface area contributed by atoms with Gasteiger partial charge in [0.1, 0.15) is 0 Å². The molecule has 0 radical (unpaired) electrons. The van der Waals surface area contributed by atoms with Gasteiger partial charge >= 0.3 is 0 Å². The molecule has 3 rings (SSSR count). The number of guanidine groups is 1. The second-order valence-electron chi connectivity index (χ2n) is 7.71. The molecular formula is C22H37IN4O2. The molecule has 2 heterocycles. The zero-order valence-corrected chi connectivity index (χ0v) is 20.1. The Bertz CT molecular complexity index is 573. The maximum atomic E-state index is 5.85. The van der Waals surface area contributed by atoms with Gasteiger partial charge < -0.3 is 19.7 Å². The topological polar surface area (TPSA) is 49.3 Å². The molecule has 1 aromatic carbocycles. The van der Waals surface area contributed by atoms with Gasteiger partial charge in [-0.15, -0.1) is 24.0 Å². The summed E-state index contributed by atoms with van der Waals surface area (Å²) in [5.41, 5.74) is 1.39. The van der Waals surface area contributed by atoms with Crippen LogP contribution in [0.2, 0.25) is 0 Å². The van der Waals surface area contributed by atoms with E-state index in [1.807, 2.05) is 7.05 Å². The van der Waals surface area contributed by atoms with E-state index in [9.17, 15) is 0 Å². The predicted octanol–water partition coefficient (Wildman–Crippen LogP) is 2.83. The second kappa shape index (κ2) is 14.2. The van der Waals surface area contributed by atoms with E-state index in [2.05, 4.69) is 50.4 Å². The van der Waals surface area contributed by atoms with Crippen LogP contribution in [0.25, 0.3) is 0 Å². The minimum atomic E-state index is 0. The zero-order chi connectivity index (χ0) is 19.4. The minimum absolute atomic E-state index is 0. The molecule has 7 heteroatoms. The molecule has 2 aliphatic rings. The predicted molar refractivity (Wildman–Crippen MR) is 129 cm³/mol. The van der Waals surface area contributed by atoms with Gasteiger partial charge in [-0.3, -0.25) is 9.89 Å². The van der Waals surface area contributed by atoms with Crippen molar-refractivity contribution in [3.8, 4) is 0 Å². The van der Waals surface area contributed by atoms with Crippen LogP contribution in [0.4, 0.5) is 0 Å². The Hall–Kier alpha value is -0.900. The summed E-state index contributed by atoms with van der Waals surface area (Å²) in [6, 6.07) is 10.7. The molecule has 2 aliphatic heterocycles. The van der Waals surface area contributed by atoms with Gasteiger partial charge in [0.15, 0.2) is 5.96 Å². The van der Waals surface area contributed by atoms with Gasteiger partial charge in [0.2, 0.25) is 0 Å². The molecule has 29 heavy (non-hydrogen) atoms. The summed E-state index contributed by atoms with van der Waals surface area (Å²) in [4.78, 5) is 9.35. The van der Waals surface area contributed by atoms with E-state index in [1.165, 1.54) is 5.56 Å². The van der Waals surface area contributed by atoms with Crippen LogP contribution in [-0.4, -0.2) is 82.0 Å². The van der Waals surface area contributed by atoms with Crippen LogP contribution >= 0.6 is 24.0 Å². The molecule has 0 saturated carbocycles. The maximum Gasteiger partial charge on any atom is 0.193 e. The van der Waals surface area contributed by atoms with Gasteiger partial charge in [0.05, 0.1) is 0 Å². The summed E-state index contributed by atoms with van der Waals surface area (Å²) in [5, 5.41) is 3.50. The molecule has 2 fully saturated rings. The van der Waals surface area contributed by atoms with Crippen molar-refractivity contribution in [3.63, 3.8) is 0 Å². The summed E-state index contributed by atoms with van der Waals surface area (Å²) < 4.78 is 11.2. The Morgan fingerprint density at radius 2 is 1.86 bits per heavy atom. The monoisotopic (exact) mass is 516 g/mol. The fourth-order valence-electron chi connectivity index (χ4n) is 3.83. The lowest BCUT2D eigenvalue weighted by Gasteiger charge is -2.36. The van der Waals surface area contributed by atoms with Gasteiger partial charge in [0, 0.05) is 72.7 Å². The van der Waals surface area contributed by atoms with Crippen molar-refractivity contribution in [2.24, 2.45) is 10.9 Å². The quantitative estimate of drug-likeness (QED) is 0.249. The number of hydrogen-bond acceptors (Lipinski definition) is 4. The van der Waals surface area contributed by atoms with E-state index in [4.69, 9.17) is 9.47 Å². The highest BCUT2D eigenvalue weighted by molar-refractivity contribution is 14.0. The van der Waals surface area contributed by atoms with Gasteiger partial charge in [-0.25, -0.2) is 0 Å². The Labute approximate surface area is 193 Å². The highest BCUT2D eigenvalue weighted by atomic mass is 127. The first-order valence-electron chi connectivity index (χ1n) is 10.7. The SMILES string of the molecule is CN=C(NCCCOCC1CCOCC1)N1CCN(Cc2ccccc2)CC1.I. The number of hydrogen-bond donors (Lipinski definition) is 1. The summed E-state index contributed by atoms with van der Waals surface area (Å²) in [6.45, 7) is 9.60. The first-order chi connectivity index (χ1) is 13.8. The highest BCUT2D eigenvalue weighted by Gasteiger charge is 2.19. The fourth-order valence-corrected chi connectivity index (χ4v) is 3.83. The van der Waals surface area contributed by atoms with Crippen molar-refractivity contribution in [1.29, 1.82) is 0 Å². The van der Waals surface area contributed by atoms with Gasteiger partial charge in [-0.05, 0) is 30.7 Å². The first kappa shape index (κ1) is 24.4. The molecule has 0 spiro atoms. The zero-order valence-electron chi connectivity index (χ0n) is 17.7. The van der Waals surface area contributed by atoms with Crippen molar-refractivity contribution < 1.29 is 9.47 Å². The average Bonchev–Trinajstić information content (AvgIpc) is 2.75. The minimum Gasteiger partial charge on any atom is -0.381 e. The molecule has 1 N–H and O–H groups in total. The normalized spacial score (nSPS) is 19.1. The van der Waals surface area contributed by atoms with Gasteiger partial charge in [-0.1, -0.05) is 30.3 Å². The lowest BCUT2D eigenvalue weighted by molar-refractivity contribution is 0.0203. The van der Waals surface area contributed by atoms with Crippen LogP contribution in [0.3, 0.4) is 0 Å². The van der Waals surface area contributed by atoms with Crippen LogP contribution in [0, 0.1) is 5.92 Å². The molecule has 6 nitrogen and oxygen atoms in total. The standard InChI is InChI=1S/C22H36N4O2.HI/c1-23-22(24-10-5-15-28-19-21-8-16-27-17-9-21)26-13-11-25(12-14-26)18-20-6-3-2-4-7-20;/h2-4,6-7,21H,5,8-19H2,1H3,(H,23,24);1H. The molecule has 1 aromatic rings. The molecule has 0 atom stereocenters. The molecule has 0 unspecified atom stereocenters. The lowest BCUT2D eigenvalue weighted by atomic mass is 10.0. The Balaban J connectivity index is 0.00000300. The summed E-state index contributed by atoms with van der Waals surface area (Å²) in [6.07, 6.45) is 3.29. The van der Waals surface area contributed by atoms with Crippen LogP contribution in [0.15, 0.2) is 35.3 Å². The fraction of sp³-hybridized carbons (Fsp3) is 0.682. The van der Waals surface area contributed by atoms with Gasteiger partial charge in [-0.2, -0.15) is 0 Å². The number of halogens is 1. The largest absolute Gasteiger partial charge is 0.381 e. The van der Waals surface area contributed by atoms with Crippen molar-refractivity contribution in [3.05, 3.63) is 35.9 Å². The summed E-state index contributed by atoms with van der Waals surface area (Å²) in [5.74, 6) is 1.70. The Kier molecular flexibility index (Phi) is 11.9. The van der Waals surface area contributed by atoms with Gasteiger partial charge in [0.25, 0.3) is 0 Å². The number of nitrogens with one attached hydrogen (secondary N) is 1. The smallest absolute Gasteiger partial charge is 0.193 e. The van der Waals surface area contributed by atoms with E-state index in [0.29, 0.717) is 5.92 Å². The third-order valence-electron chi connectivity index (χ3n) is 5.58. The molecule has 0 bridgehead atoms. The van der Waals surface area contributed by atoms with Crippen molar-refractivity contribution in [2.75, 3.05) is 66.2 Å². The molecule has 0 aromatic heterocycles. The third kappa shape index (κ3) is 8.78. The van der Waals surface area contributed by atoms with Crippen LogP contribution in [0.5, 0.6) is 0 Å².